The zero-order valence-corrected chi connectivity index (χ0v) is 30.1. The number of anilines is 1. The number of aromatic nitrogens is 2. The van der Waals surface area contributed by atoms with Gasteiger partial charge in [-0.3, -0.25) is 29.4 Å². The first kappa shape index (κ1) is 37.1. The van der Waals surface area contributed by atoms with E-state index in [0.29, 0.717) is 30.3 Å². The van der Waals surface area contributed by atoms with E-state index in [1.165, 1.54) is 6.20 Å². The highest BCUT2D eigenvalue weighted by atomic mass is 32.2. The first-order chi connectivity index (χ1) is 25.3. The van der Waals surface area contributed by atoms with Gasteiger partial charge in [0.2, 0.25) is 21.8 Å². The Bertz CT molecular complexity index is 2140. The molecule has 53 heavy (non-hydrogen) atoms. The van der Waals surface area contributed by atoms with E-state index < -0.39 is 45.4 Å². The zero-order valence-electron chi connectivity index (χ0n) is 29.3. The normalized spacial score (nSPS) is 16.0. The lowest BCUT2D eigenvalue weighted by atomic mass is 9.78. The van der Waals surface area contributed by atoms with Gasteiger partial charge in [0.1, 0.15) is 35.7 Å². The second kappa shape index (κ2) is 15.5. The standard InChI is InChI=1S/C38H40N6O8S/c1-38(2,25-7-12-29(13-8-25)52-22-27-17-19-41-33(42-27)23-53(39,49)50)24-5-10-28(11-6-24)51-20-4-3-18-40-26-9-14-30-31(21-26)37(48)44(36(30)47)32-15-16-34(45)43-35(32)46/h5-14,17,19,21,32,40H,3-4,15-16,18,20,22-23H2,1-2H3,(H2,39,49,50)(H,43,45,46). The van der Waals surface area contributed by atoms with Gasteiger partial charge in [-0.25, -0.2) is 23.5 Å². The highest BCUT2D eigenvalue weighted by Crippen LogP contribution is 2.34. The molecule has 14 nitrogen and oxygen atoms in total. The number of hydrogen-bond acceptors (Lipinski definition) is 11. The number of nitrogens with two attached hydrogens (primary N) is 1. The molecule has 15 heteroatoms. The number of hydrogen-bond donors (Lipinski definition) is 3. The number of rotatable bonds is 15. The van der Waals surface area contributed by atoms with E-state index in [9.17, 15) is 27.6 Å². The van der Waals surface area contributed by atoms with Crippen molar-refractivity contribution >= 4 is 39.3 Å². The Morgan fingerprint density at radius 3 is 2.21 bits per heavy atom. The SMILES string of the molecule is CC(C)(c1ccc(OCCCCNc2ccc3c(c2)C(=O)N(C2CCC(=O)NC2=O)C3=O)cc1)c1ccc(OCc2ccnc(CS(N)(=O)=O)n2)cc1. The van der Waals surface area contributed by atoms with Crippen molar-refractivity contribution in [1.29, 1.82) is 0 Å². The predicted octanol–water partition coefficient (Wildman–Crippen LogP) is 3.84. The summed E-state index contributed by atoms with van der Waals surface area (Å²) >= 11 is 0. The number of piperidine rings is 1. The number of ether oxygens (including phenoxy) is 2. The molecule has 4 N–H and O–H groups in total. The van der Waals surface area contributed by atoms with Crippen LogP contribution < -0.4 is 25.2 Å². The molecule has 2 aliphatic rings. The number of nitrogens with one attached hydrogen (secondary N) is 2. The van der Waals surface area contributed by atoms with Crippen molar-refractivity contribution in [3.63, 3.8) is 0 Å². The van der Waals surface area contributed by atoms with Crippen LogP contribution >= 0.6 is 0 Å². The largest absolute Gasteiger partial charge is 0.494 e. The Kier molecular flexibility index (Phi) is 10.9. The average Bonchev–Trinajstić information content (AvgIpc) is 3.36. The van der Waals surface area contributed by atoms with E-state index in [1.807, 2.05) is 36.4 Å². The van der Waals surface area contributed by atoms with Gasteiger partial charge < -0.3 is 14.8 Å². The van der Waals surface area contributed by atoms with E-state index in [0.717, 1.165) is 34.6 Å². The van der Waals surface area contributed by atoms with E-state index >= 15 is 0 Å². The molecule has 0 radical (unpaired) electrons. The molecule has 6 rings (SSSR count). The number of sulfonamides is 1. The van der Waals surface area contributed by atoms with Gasteiger partial charge in [0.25, 0.3) is 11.8 Å². The topological polar surface area (TPSA) is 200 Å². The van der Waals surface area contributed by atoms with Crippen LogP contribution in [-0.4, -0.2) is 66.1 Å². The molecular weight excluding hydrogens is 701 g/mol. The van der Waals surface area contributed by atoms with Crippen LogP contribution in [0.4, 0.5) is 5.69 Å². The van der Waals surface area contributed by atoms with Crippen molar-refractivity contribution in [1.82, 2.24) is 20.2 Å². The third kappa shape index (κ3) is 8.87. The van der Waals surface area contributed by atoms with Gasteiger partial charge in [-0.15, -0.1) is 0 Å². The number of primary sulfonamides is 1. The van der Waals surface area contributed by atoms with Gasteiger partial charge in [-0.05, 0) is 78.9 Å². The molecule has 1 saturated heterocycles. The third-order valence-electron chi connectivity index (χ3n) is 9.24. The second-order valence-electron chi connectivity index (χ2n) is 13.4. The van der Waals surface area contributed by atoms with Gasteiger partial charge in [0.15, 0.2) is 0 Å². The van der Waals surface area contributed by atoms with Crippen molar-refractivity contribution in [2.24, 2.45) is 5.14 Å². The molecule has 4 aromatic rings. The Morgan fingerprint density at radius 1 is 0.887 bits per heavy atom. The lowest BCUT2D eigenvalue weighted by Crippen LogP contribution is -2.54. The zero-order chi connectivity index (χ0) is 37.8. The molecule has 0 bridgehead atoms. The van der Waals surface area contributed by atoms with Gasteiger partial charge in [0.05, 0.1) is 23.4 Å². The number of benzene rings is 3. The number of carbonyl (C=O) groups excluding carboxylic acids is 4. The molecule has 1 aromatic heterocycles. The van der Waals surface area contributed by atoms with Gasteiger partial charge >= 0.3 is 0 Å². The summed E-state index contributed by atoms with van der Waals surface area (Å²) in [6.07, 6.45) is 3.25. The quantitative estimate of drug-likeness (QED) is 0.118. The lowest BCUT2D eigenvalue weighted by Gasteiger charge is -2.27. The second-order valence-corrected chi connectivity index (χ2v) is 15.0. The monoisotopic (exact) mass is 740 g/mol. The van der Waals surface area contributed by atoms with Crippen LogP contribution in [0.25, 0.3) is 0 Å². The minimum atomic E-state index is -3.73. The van der Waals surface area contributed by atoms with Crippen molar-refractivity contribution in [3.8, 4) is 11.5 Å². The molecule has 2 aliphatic heterocycles. The fraction of sp³-hybridized carbons (Fsp3) is 0.316. The molecular formula is C38H40N6O8S. The summed E-state index contributed by atoms with van der Waals surface area (Å²) in [5.74, 6) is -1.02. The van der Waals surface area contributed by atoms with E-state index in [2.05, 4.69) is 46.6 Å². The molecule has 0 aliphatic carbocycles. The van der Waals surface area contributed by atoms with E-state index in [1.54, 1.807) is 24.3 Å². The number of unbranched alkanes of at least 4 members (excludes halogenated alkanes) is 1. The Morgan fingerprint density at radius 2 is 1.55 bits per heavy atom. The Balaban J connectivity index is 0.935. The minimum Gasteiger partial charge on any atom is -0.494 e. The van der Waals surface area contributed by atoms with E-state index in [-0.39, 0.29) is 41.8 Å². The van der Waals surface area contributed by atoms with Crippen molar-refractivity contribution < 1.29 is 37.1 Å². The fourth-order valence-corrected chi connectivity index (χ4v) is 6.76. The number of carbonyl (C=O) groups is 4. The highest BCUT2D eigenvalue weighted by Gasteiger charge is 2.44. The molecule has 3 aromatic carbocycles. The molecule has 4 amide bonds. The Hall–Kier alpha value is -5.67. The van der Waals surface area contributed by atoms with Crippen LogP contribution in [-0.2, 0) is 37.4 Å². The third-order valence-corrected chi connectivity index (χ3v) is 9.90. The van der Waals surface area contributed by atoms with Crippen molar-refractivity contribution in [2.75, 3.05) is 18.5 Å². The van der Waals surface area contributed by atoms with Crippen LogP contribution in [0, 0.1) is 0 Å². The van der Waals surface area contributed by atoms with Gasteiger partial charge in [-0.1, -0.05) is 38.1 Å². The summed E-state index contributed by atoms with van der Waals surface area (Å²) in [7, 11) is -3.73. The predicted molar refractivity (Wildman–Crippen MR) is 195 cm³/mol. The highest BCUT2D eigenvalue weighted by molar-refractivity contribution is 7.88. The molecule has 0 spiro atoms. The summed E-state index contributed by atoms with van der Waals surface area (Å²) in [6, 6.07) is 21.4. The van der Waals surface area contributed by atoms with Crippen molar-refractivity contribution in [2.45, 2.75) is 63.3 Å². The maximum absolute atomic E-state index is 13.1. The first-order valence-electron chi connectivity index (χ1n) is 17.2. The molecule has 1 unspecified atom stereocenters. The van der Waals surface area contributed by atoms with Crippen LogP contribution in [0.5, 0.6) is 11.5 Å². The summed E-state index contributed by atoms with van der Waals surface area (Å²) in [4.78, 5) is 58.9. The molecule has 0 saturated carbocycles. The van der Waals surface area contributed by atoms with Gasteiger partial charge in [-0.2, -0.15) is 0 Å². The minimum absolute atomic E-state index is 0.0734. The number of fused-ring (bicyclic) bond motifs is 1. The summed E-state index contributed by atoms with van der Waals surface area (Å²) in [6.45, 7) is 5.58. The maximum atomic E-state index is 13.1. The molecule has 3 heterocycles. The number of imide groups is 2. The molecule has 1 atom stereocenters. The maximum Gasteiger partial charge on any atom is 0.262 e. The summed E-state index contributed by atoms with van der Waals surface area (Å²) in [5.41, 5.74) is 3.62. The van der Waals surface area contributed by atoms with Crippen LogP contribution in [0.15, 0.2) is 79.0 Å². The Labute approximate surface area is 307 Å². The lowest BCUT2D eigenvalue weighted by molar-refractivity contribution is -0.136. The molecule has 276 valence electrons. The summed E-state index contributed by atoms with van der Waals surface area (Å²) < 4.78 is 34.5. The van der Waals surface area contributed by atoms with Crippen molar-refractivity contribution in [3.05, 3.63) is 113 Å². The van der Waals surface area contributed by atoms with Crippen LogP contribution in [0.3, 0.4) is 0 Å². The first-order valence-corrected chi connectivity index (χ1v) is 18.9. The number of amides is 4. The number of nitrogens with zero attached hydrogens (tertiary/aromatic N) is 3. The van der Waals surface area contributed by atoms with Gasteiger partial charge in [0, 0.05) is 30.3 Å². The fourth-order valence-electron chi connectivity index (χ4n) is 6.26. The summed E-state index contributed by atoms with van der Waals surface area (Å²) in [5, 5.41) is 10.6. The smallest absolute Gasteiger partial charge is 0.262 e. The van der Waals surface area contributed by atoms with E-state index in [4.69, 9.17) is 14.6 Å². The average molecular weight is 741 g/mol. The molecule has 1 fully saturated rings. The van der Waals surface area contributed by atoms with Crippen LogP contribution in [0.1, 0.15) is 82.9 Å². The van der Waals surface area contributed by atoms with Crippen LogP contribution in [0.2, 0.25) is 0 Å².